The zero-order valence-electron chi connectivity index (χ0n) is 21.8. The number of methoxy groups -OCH3 is 1. The lowest BCUT2D eigenvalue weighted by Gasteiger charge is -2.38. The fraction of sp³-hybridized carbons (Fsp3) is 0.467. The Morgan fingerprint density at radius 1 is 1.18 bits per heavy atom. The highest BCUT2D eigenvalue weighted by Crippen LogP contribution is 2.35. The number of carboxylic acid groups (broad SMARTS) is 1. The maximum absolute atomic E-state index is 13.9. The van der Waals surface area contributed by atoms with Gasteiger partial charge in [-0.1, -0.05) is 12.1 Å². The van der Waals surface area contributed by atoms with Crippen molar-refractivity contribution in [1.82, 2.24) is 9.88 Å². The molecule has 3 atom stereocenters. The molecule has 0 radical (unpaired) electrons. The van der Waals surface area contributed by atoms with Crippen LogP contribution >= 0.6 is 0 Å². The Balaban J connectivity index is 1.31. The van der Waals surface area contributed by atoms with Gasteiger partial charge in [-0.3, -0.25) is 9.78 Å². The predicted molar refractivity (Wildman–Crippen MR) is 142 cm³/mol. The van der Waals surface area contributed by atoms with Crippen molar-refractivity contribution in [1.29, 1.82) is 0 Å². The molecule has 0 amide bonds. The van der Waals surface area contributed by atoms with E-state index in [0.29, 0.717) is 30.7 Å². The highest BCUT2D eigenvalue weighted by molar-refractivity contribution is 5.83. The molecule has 38 heavy (non-hydrogen) atoms. The summed E-state index contributed by atoms with van der Waals surface area (Å²) in [5, 5.41) is 21.4. The van der Waals surface area contributed by atoms with Crippen molar-refractivity contribution in [2.45, 2.75) is 51.0 Å². The second-order valence-electron chi connectivity index (χ2n) is 10.3. The Bertz CT molecular complexity index is 1240. The molecular weight excluding hydrogens is 490 g/mol. The van der Waals surface area contributed by atoms with Gasteiger partial charge in [0.25, 0.3) is 0 Å². The molecule has 0 bridgehead atoms. The summed E-state index contributed by atoms with van der Waals surface area (Å²) >= 11 is 0. The molecule has 204 valence electrons. The number of piperidine rings is 1. The molecule has 1 aromatic heterocycles. The topological polar surface area (TPSA) is 82.9 Å². The van der Waals surface area contributed by atoms with Crippen LogP contribution in [0.5, 0.6) is 5.75 Å². The van der Waals surface area contributed by atoms with Crippen LogP contribution in [0, 0.1) is 23.5 Å². The van der Waals surface area contributed by atoms with Crippen LogP contribution in [0.1, 0.15) is 55.8 Å². The van der Waals surface area contributed by atoms with Crippen LogP contribution in [-0.2, 0) is 11.2 Å². The van der Waals surface area contributed by atoms with E-state index in [2.05, 4.69) is 9.88 Å². The van der Waals surface area contributed by atoms with Gasteiger partial charge in [0.2, 0.25) is 0 Å². The monoisotopic (exact) mass is 526 g/mol. The van der Waals surface area contributed by atoms with E-state index in [-0.39, 0.29) is 18.3 Å². The number of aliphatic carboxylic acids is 1. The van der Waals surface area contributed by atoms with Gasteiger partial charge in [-0.25, -0.2) is 8.78 Å². The van der Waals surface area contributed by atoms with Gasteiger partial charge in [0, 0.05) is 24.5 Å². The van der Waals surface area contributed by atoms with Crippen LogP contribution in [0.25, 0.3) is 10.9 Å². The highest BCUT2D eigenvalue weighted by atomic mass is 19.2. The lowest BCUT2D eigenvalue weighted by molar-refractivity contribution is -0.139. The quantitative estimate of drug-likeness (QED) is 0.292. The molecule has 1 aliphatic heterocycles. The minimum atomic E-state index is -0.817. The summed E-state index contributed by atoms with van der Waals surface area (Å²) in [6.45, 7) is 2.35. The second kappa shape index (κ2) is 13.1. The number of fused-ring (bicyclic) bond motifs is 1. The minimum Gasteiger partial charge on any atom is -0.497 e. The van der Waals surface area contributed by atoms with E-state index in [1.165, 1.54) is 6.07 Å². The molecule has 4 rings (SSSR count). The van der Waals surface area contributed by atoms with Gasteiger partial charge in [-0.05, 0) is 105 Å². The minimum absolute atomic E-state index is 0.00314. The average molecular weight is 527 g/mol. The first-order valence-corrected chi connectivity index (χ1v) is 13.3. The first-order valence-electron chi connectivity index (χ1n) is 13.3. The standard InChI is InChI=1S/C30H36F2N2O4/c1-38-23-9-10-27-25(18-23)24(12-14-33-27)28(35)11-8-20-13-16-34(19-22(20)17-29(36)37)15-3-2-5-21-6-4-7-26(31)30(21)32/h4,6-7,9-10,12,14,18,20,22,28,35H,2-3,5,8,11,13,15-17,19H2,1H3,(H,36,37)/t20-,22+,28?/m1/s1. The summed E-state index contributed by atoms with van der Waals surface area (Å²) in [4.78, 5) is 18.3. The number of aryl methyl sites for hydroxylation is 1. The normalized spacial score (nSPS) is 18.9. The molecule has 0 spiro atoms. The summed E-state index contributed by atoms with van der Waals surface area (Å²) in [7, 11) is 1.60. The van der Waals surface area contributed by atoms with Crippen LogP contribution < -0.4 is 4.74 Å². The number of unbranched alkanes of at least 4 members (excludes halogenated alkanes) is 1. The lowest BCUT2D eigenvalue weighted by Crippen LogP contribution is -2.41. The Labute approximate surface area is 222 Å². The number of aromatic nitrogens is 1. The Hall–Kier alpha value is -3.10. The van der Waals surface area contributed by atoms with Crippen molar-refractivity contribution in [2.75, 3.05) is 26.7 Å². The highest BCUT2D eigenvalue weighted by Gasteiger charge is 2.31. The maximum atomic E-state index is 13.9. The van der Waals surface area contributed by atoms with Crippen LogP contribution in [-0.4, -0.2) is 52.8 Å². The van der Waals surface area contributed by atoms with E-state index >= 15 is 0 Å². The van der Waals surface area contributed by atoms with Gasteiger partial charge >= 0.3 is 5.97 Å². The predicted octanol–water partition coefficient (Wildman–Crippen LogP) is 5.77. The number of rotatable bonds is 12. The smallest absolute Gasteiger partial charge is 0.303 e. The zero-order chi connectivity index (χ0) is 27.1. The number of carbonyl (C=O) groups is 1. The fourth-order valence-electron chi connectivity index (χ4n) is 5.68. The van der Waals surface area contributed by atoms with E-state index in [0.717, 1.165) is 61.3 Å². The van der Waals surface area contributed by atoms with Gasteiger partial charge in [0.15, 0.2) is 11.6 Å². The molecule has 6 nitrogen and oxygen atoms in total. The Kier molecular flexibility index (Phi) is 9.63. The molecule has 2 N–H and O–H groups in total. The SMILES string of the molecule is COc1ccc2nccc(C(O)CC[C@@H]3CCN(CCCCc4cccc(F)c4F)C[C@@H]3CC(=O)O)c2c1. The first kappa shape index (κ1) is 27.9. The van der Waals surface area contributed by atoms with Gasteiger partial charge < -0.3 is 19.8 Å². The largest absolute Gasteiger partial charge is 0.497 e. The molecule has 1 aliphatic rings. The molecule has 1 saturated heterocycles. The zero-order valence-corrected chi connectivity index (χ0v) is 21.8. The first-order chi connectivity index (χ1) is 18.4. The van der Waals surface area contributed by atoms with Gasteiger partial charge in [0.05, 0.1) is 18.7 Å². The van der Waals surface area contributed by atoms with Crippen molar-refractivity contribution < 1.29 is 28.5 Å². The molecule has 2 aromatic carbocycles. The van der Waals surface area contributed by atoms with Crippen molar-refractivity contribution in [3.05, 3.63) is 71.4 Å². The third kappa shape index (κ3) is 7.05. The maximum Gasteiger partial charge on any atom is 0.303 e. The van der Waals surface area contributed by atoms with Crippen molar-refractivity contribution in [2.24, 2.45) is 11.8 Å². The summed E-state index contributed by atoms with van der Waals surface area (Å²) < 4.78 is 32.6. The number of ether oxygens (including phenoxy) is 1. The third-order valence-corrected chi connectivity index (χ3v) is 7.77. The number of aliphatic hydroxyl groups excluding tert-OH is 1. The molecule has 8 heteroatoms. The molecule has 1 unspecified atom stereocenters. The van der Waals surface area contributed by atoms with Crippen LogP contribution in [0.15, 0.2) is 48.7 Å². The number of hydrogen-bond acceptors (Lipinski definition) is 5. The van der Waals surface area contributed by atoms with E-state index < -0.39 is 23.7 Å². The molecule has 0 saturated carbocycles. The third-order valence-electron chi connectivity index (χ3n) is 7.77. The van der Waals surface area contributed by atoms with Crippen LogP contribution in [0.3, 0.4) is 0 Å². The second-order valence-corrected chi connectivity index (χ2v) is 10.3. The van der Waals surface area contributed by atoms with Gasteiger partial charge in [-0.2, -0.15) is 0 Å². The average Bonchev–Trinajstić information content (AvgIpc) is 2.91. The van der Waals surface area contributed by atoms with E-state index in [9.17, 15) is 23.8 Å². The number of nitrogens with zero attached hydrogens (tertiary/aromatic N) is 2. The molecule has 3 aromatic rings. The number of carboxylic acids is 1. The molecule has 1 fully saturated rings. The lowest BCUT2D eigenvalue weighted by atomic mass is 9.79. The van der Waals surface area contributed by atoms with E-state index in [4.69, 9.17) is 4.74 Å². The number of aliphatic hydroxyl groups is 1. The fourth-order valence-corrected chi connectivity index (χ4v) is 5.68. The van der Waals surface area contributed by atoms with Crippen molar-refractivity contribution in [3.8, 4) is 5.75 Å². The summed E-state index contributed by atoms with van der Waals surface area (Å²) in [6, 6.07) is 11.7. The molecule has 0 aliphatic carbocycles. The van der Waals surface area contributed by atoms with Gasteiger partial charge in [0.1, 0.15) is 5.75 Å². The Morgan fingerprint density at radius 3 is 2.82 bits per heavy atom. The number of likely N-dealkylation sites (tertiary alicyclic amines) is 1. The van der Waals surface area contributed by atoms with E-state index in [1.54, 1.807) is 19.4 Å². The van der Waals surface area contributed by atoms with Crippen LogP contribution in [0.4, 0.5) is 8.78 Å². The van der Waals surface area contributed by atoms with E-state index in [1.807, 2.05) is 24.3 Å². The van der Waals surface area contributed by atoms with Crippen LogP contribution in [0.2, 0.25) is 0 Å². The summed E-state index contributed by atoms with van der Waals surface area (Å²) in [5.74, 6) is -1.48. The molecular formula is C30H36F2N2O4. The summed E-state index contributed by atoms with van der Waals surface area (Å²) in [5.41, 5.74) is 1.99. The van der Waals surface area contributed by atoms with Gasteiger partial charge in [-0.15, -0.1) is 0 Å². The number of benzene rings is 2. The number of pyridine rings is 1. The van der Waals surface area contributed by atoms with Crippen molar-refractivity contribution in [3.63, 3.8) is 0 Å². The summed E-state index contributed by atoms with van der Waals surface area (Å²) in [6.07, 6.45) is 5.30. The Morgan fingerprint density at radius 2 is 2.03 bits per heavy atom. The number of halogens is 2. The number of hydrogen-bond donors (Lipinski definition) is 2. The van der Waals surface area contributed by atoms with Crippen molar-refractivity contribution >= 4 is 16.9 Å². The molecule has 2 heterocycles.